The molecule has 0 fully saturated rings. The summed E-state index contributed by atoms with van der Waals surface area (Å²) in [4.78, 5) is 28.3. The number of hydrogen-bond acceptors (Lipinski definition) is 5. The van der Waals surface area contributed by atoms with E-state index in [4.69, 9.17) is 10.2 Å². The van der Waals surface area contributed by atoms with Crippen molar-refractivity contribution in [3.05, 3.63) is 15.6 Å². The fourth-order valence-corrected chi connectivity index (χ4v) is 2.98. The maximum Gasteiger partial charge on any atom is 0.317 e. The van der Waals surface area contributed by atoms with Crippen LogP contribution in [0.5, 0.6) is 0 Å². The molecule has 0 radical (unpaired) electrons. The number of thiazole rings is 1. The number of hydrogen-bond donors (Lipinski definition) is 2. The molecule has 6 nitrogen and oxygen atoms in total. The molecular weight excluding hydrogens is 244 g/mol. The number of rotatable bonds is 4. The lowest BCUT2D eigenvalue weighted by Crippen LogP contribution is -2.34. The minimum Gasteiger partial charge on any atom is -0.481 e. The largest absolute Gasteiger partial charge is 0.481 e. The van der Waals surface area contributed by atoms with Gasteiger partial charge >= 0.3 is 11.9 Å². The lowest BCUT2D eigenvalue weighted by molar-refractivity contribution is -0.138. The highest BCUT2D eigenvalue weighted by molar-refractivity contribution is 7.11. The molecule has 2 heterocycles. The third-order valence-corrected chi connectivity index (χ3v) is 3.60. The molecule has 0 bridgehead atoms. The number of nitrogens with zero attached hydrogens (tertiary/aromatic N) is 2. The highest BCUT2D eigenvalue weighted by Crippen LogP contribution is 2.25. The van der Waals surface area contributed by atoms with Crippen LogP contribution in [0.2, 0.25) is 0 Å². The summed E-state index contributed by atoms with van der Waals surface area (Å²) in [6.45, 7) is 1.24. The maximum atomic E-state index is 10.6. The van der Waals surface area contributed by atoms with E-state index in [1.807, 2.05) is 4.90 Å². The number of aliphatic carboxylic acids is 2. The van der Waals surface area contributed by atoms with E-state index in [-0.39, 0.29) is 13.0 Å². The zero-order valence-corrected chi connectivity index (χ0v) is 9.87. The summed E-state index contributed by atoms with van der Waals surface area (Å²) in [7, 11) is 0. The second-order valence-corrected chi connectivity index (χ2v) is 5.07. The van der Waals surface area contributed by atoms with Crippen molar-refractivity contribution in [1.29, 1.82) is 0 Å². The third kappa shape index (κ3) is 3.01. The zero-order chi connectivity index (χ0) is 12.4. The summed E-state index contributed by atoms with van der Waals surface area (Å²) < 4.78 is 0. The number of fused-ring (bicyclic) bond motifs is 1. The Balaban J connectivity index is 2.07. The predicted octanol–water partition coefficient (Wildman–Crippen LogP) is 0.213. The van der Waals surface area contributed by atoms with Gasteiger partial charge in [0.05, 0.1) is 18.7 Å². The Morgan fingerprint density at radius 1 is 1.35 bits per heavy atom. The highest BCUT2D eigenvalue weighted by Gasteiger charge is 2.22. The molecule has 0 aromatic carbocycles. The van der Waals surface area contributed by atoms with Crippen LogP contribution in [-0.2, 0) is 29.0 Å². The Morgan fingerprint density at radius 3 is 2.76 bits per heavy atom. The van der Waals surface area contributed by atoms with Crippen LogP contribution in [0.1, 0.15) is 15.6 Å². The summed E-state index contributed by atoms with van der Waals surface area (Å²) in [5, 5.41) is 18.0. The standard InChI is InChI=1S/C10H12N2O4S/c13-9(14)3-8-11-6-1-2-12(5-10(15)16)4-7(6)17-8/h1-5H2,(H,13,14)(H,15,16). The van der Waals surface area contributed by atoms with E-state index < -0.39 is 11.9 Å². The van der Waals surface area contributed by atoms with Crippen LogP contribution in [0.3, 0.4) is 0 Å². The molecule has 2 rings (SSSR count). The molecule has 1 aliphatic heterocycles. The summed E-state index contributed by atoms with van der Waals surface area (Å²) in [5.74, 6) is -1.73. The van der Waals surface area contributed by atoms with Gasteiger partial charge < -0.3 is 10.2 Å². The molecule has 1 aliphatic rings. The third-order valence-electron chi connectivity index (χ3n) is 2.52. The first-order valence-electron chi connectivity index (χ1n) is 5.18. The van der Waals surface area contributed by atoms with Crippen molar-refractivity contribution in [2.75, 3.05) is 13.1 Å². The quantitative estimate of drug-likeness (QED) is 0.800. The molecule has 92 valence electrons. The molecule has 0 saturated heterocycles. The van der Waals surface area contributed by atoms with Crippen LogP contribution in [-0.4, -0.2) is 45.1 Å². The molecule has 17 heavy (non-hydrogen) atoms. The van der Waals surface area contributed by atoms with Crippen molar-refractivity contribution in [3.63, 3.8) is 0 Å². The first kappa shape index (κ1) is 12.0. The van der Waals surface area contributed by atoms with Gasteiger partial charge in [-0.1, -0.05) is 0 Å². The van der Waals surface area contributed by atoms with Crippen molar-refractivity contribution in [2.45, 2.75) is 19.4 Å². The number of carboxylic acid groups (broad SMARTS) is 2. The van der Waals surface area contributed by atoms with E-state index >= 15 is 0 Å². The van der Waals surface area contributed by atoms with Gasteiger partial charge in [0, 0.05) is 24.4 Å². The summed E-state index contributed by atoms with van der Waals surface area (Å²) >= 11 is 1.37. The fraction of sp³-hybridized carbons (Fsp3) is 0.500. The summed E-state index contributed by atoms with van der Waals surface area (Å²) in [6, 6.07) is 0. The summed E-state index contributed by atoms with van der Waals surface area (Å²) in [5.41, 5.74) is 0.924. The normalized spacial score (nSPS) is 15.5. The number of aromatic nitrogens is 1. The van der Waals surface area contributed by atoms with Crippen LogP contribution in [0, 0.1) is 0 Å². The highest BCUT2D eigenvalue weighted by atomic mass is 32.1. The van der Waals surface area contributed by atoms with Crippen molar-refractivity contribution in [3.8, 4) is 0 Å². The SMILES string of the molecule is O=C(O)Cc1nc2c(s1)CN(CC(=O)O)CC2. The first-order chi connectivity index (χ1) is 8.04. The lowest BCUT2D eigenvalue weighted by Gasteiger charge is -2.23. The van der Waals surface area contributed by atoms with Gasteiger partial charge in [-0.2, -0.15) is 0 Å². The van der Waals surface area contributed by atoms with Crippen molar-refractivity contribution in [1.82, 2.24) is 9.88 Å². The number of carboxylic acids is 2. The molecule has 0 unspecified atom stereocenters. The van der Waals surface area contributed by atoms with E-state index in [0.717, 1.165) is 10.6 Å². The molecule has 0 saturated carbocycles. The minimum atomic E-state index is -0.890. The molecule has 0 atom stereocenters. The molecule has 0 amide bonds. The van der Waals surface area contributed by atoms with Crippen LogP contribution in [0.4, 0.5) is 0 Å². The average Bonchev–Trinajstić information content (AvgIpc) is 2.56. The smallest absolute Gasteiger partial charge is 0.317 e. The van der Waals surface area contributed by atoms with Crippen molar-refractivity contribution >= 4 is 23.3 Å². The molecule has 7 heteroatoms. The van der Waals surface area contributed by atoms with Gasteiger partial charge in [-0.15, -0.1) is 11.3 Å². The van der Waals surface area contributed by atoms with Crippen LogP contribution >= 0.6 is 11.3 Å². The zero-order valence-electron chi connectivity index (χ0n) is 9.05. The van der Waals surface area contributed by atoms with Gasteiger partial charge in [0.15, 0.2) is 0 Å². The topological polar surface area (TPSA) is 90.7 Å². The second-order valence-electron chi connectivity index (χ2n) is 3.90. The van der Waals surface area contributed by atoms with E-state index in [1.165, 1.54) is 11.3 Å². The van der Waals surface area contributed by atoms with E-state index in [0.29, 0.717) is 24.5 Å². The van der Waals surface area contributed by atoms with Gasteiger partial charge in [-0.25, -0.2) is 4.98 Å². The molecular formula is C10H12N2O4S. The van der Waals surface area contributed by atoms with Gasteiger partial charge in [-0.05, 0) is 0 Å². The van der Waals surface area contributed by atoms with Gasteiger partial charge in [0.2, 0.25) is 0 Å². The average molecular weight is 256 g/mol. The summed E-state index contributed by atoms with van der Waals surface area (Å²) in [6.07, 6.45) is 0.634. The second kappa shape index (κ2) is 4.80. The molecule has 1 aromatic heterocycles. The van der Waals surface area contributed by atoms with Gasteiger partial charge in [-0.3, -0.25) is 14.5 Å². The first-order valence-corrected chi connectivity index (χ1v) is 5.99. The Morgan fingerprint density at radius 2 is 2.12 bits per heavy atom. The number of carbonyl (C=O) groups is 2. The monoisotopic (exact) mass is 256 g/mol. The Labute approximate surface area is 102 Å². The minimum absolute atomic E-state index is 0.0194. The van der Waals surface area contributed by atoms with Crippen molar-refractivity contribution < 1.29 is 19.8 Å². The van der Waals surface area contributed by atoms with Crippen LogP contribution < -0.4 is 0 Å². The van der Waals surface area contributed by atoms with E-state index in [9.17, 15) is 9.59 Å². The molecule has 2 N–H and O–H groups in total. The molecule has 0 spiro atoms. The van der Waals surface area contributed by atoms with Gasteiger partial charge in [0.25, 0.3) is 0 Å². The molecule has 0 aliphatic carbocycles. The van der Waals surface area contributed by atoms with Gasteiger partial charge in [0.1, 0.15) is 5.01 Å². The van der Waals surface area contributed by atoms with Crippen molar-refractivity contribution in [2.24, 2.45) is 0 Å². The van der Waals surface area contributed by atoms with Crippen LogP contribution in [0.25, 0.3) is 0 Å². The van der Waals surface area contributed by atoms with E-state index in [1.54, 1.807) is 0 Å². The molecule has 1 aromatic rings. The Kier molecular flexibility index (Phi) is 3.39. The maximum absolute atomic E-state index is 10.6. The van der Waals surface area contributed by atoms with E-state index in [2.05, 4.69) is 4.98 Å². The Hall–Kier alpha value is -1.47. The lowest BCUT2D eigenvalue weighted by atomic mass is 10.2. The fourth-order valence-electron chi connectivity index (χ4n) is 1.83. The Bertz CT molecular complexity index is 457. The van der Waals surface area contributed by atoms with Crippen LogP contribution in [0.15, 0.2) is 0 Å². The predicted molar refractivity (Wildman–Crippen MR) is 60.1 cm³/mol.